The number of ether oxygens (including phenoxy) is 2. The molecule has 0 spiro atoms. The van der Waals surface area contributed by atoms with Crippen molar-refractivity contribution < 1.29 is 13.9 Å². The first-order valence-electron chi connectivity index (χ1n) is 16.2. The molecule has 5 aliphatic rings. The van der Waals surface area contributed by atoms with Crippen LogP contribution in [-0.2, 0) is 4.74 Å². The fraction of sp³-hybridized carbons (Fsp3) is 0.529. The number of aromatic nitrogens is 3. The van der Waals surface area contributed by atoms with E-state index in [1.54, 1.807) is 12.3 Å². The topological polar surface area (TPSA) is 125 Å². The lowest BCUT2D eigenvalue weighted by Gasteiger charge is -2.47. The highest BCUT2D eigenvalue weighted by atomic mass is 32.1. The van der Waals surface area contributed by atoms with E-state index in [0.29, 0.717) is 62.4 Å². The van der Waals surface area contributed by atoms with Gasteiger partial charge in [0, 0.05) is 53.8 Å². The number of nitriles is 1. The van der Waals surface area contributed by atoms with E-state index in [0.717, 1.165) is 68.6 Å². The Morgan fingerprint density at radius 1 is 1.24 bits per heavy atom. The van der Waals surface area contributed by atoms with Crippen molar-refractivity contribution in [1.29, 1.82) is 5.26 Å². The average Bonchev–Trinajstić information content (AvgIpc) is 3.71. The summed E-state index contributed by atoms with van der Waals surface area (Å²) in [5.74, 6) is 0.274. The number of hydrogen-bond donors (Lipinski definition) is 2. The molecule has 2 atom stereocenters. The maximum Gasteiger partial charge on any atom is 0.318 e. The zero-order valence-corrected chi connectivity index (χ0v) is 27.1. The first-order chi connectivity index (χ1) is 22.3. The van der Waals surface area contributed by atoms with Crippen LogP contribution in [0.2, 0.25) is 0 Å². The van der Waals surface area contributed by atoms with Crippen molar-refractivity contribution in [3.8, 4) is 23.3 Å². The quantitative estimate of drug-likeness (QED) is 0.232. The highest BCUT2D eigenvalue weighted by molar-refractivity contribution is 7.23. The van der Waals surface area contributed by atoms with Gasteiger partial charge in [0.1, 0.15) is 22.7 Å². The van der Waals surface area contributed by atoms with Gasteiger partial charge in [-0.25, -0.2) is 4.39 Å². The predicted molar refractivity (Wildman–Crippen MR) is 177 cm³/mol. The number of likely N-dealkylation sites (N-methyl/N-ethyl adjacent to an activating group) is 1. The summed E-state index contributed by atoms with van der Waals surface area (Å²) >= 11 is 1.08. The van der Waals surface area contributed by atoms with Gasteiger partial charge in [-0.05, 0) is 77.2 Å². The van der Waals surface area contributed by atoms with Crippen molar-refractivity contribution >= 4 is 43.1 Å². The Morgan fingerprint density at radius 3 is 2.74 bits per heavy atom. The normalized spacial score (nSPS) is 23.0. The van der Waals surface area contributed by atoms with Gasteiger partial charge in [-0.3, -0.25) is 9.88 Å². The summed E-state index contributed by atoms with van der Waals surface area (Å²) in [5, 5.41) is 15.0. The minimum atomic E-state index is -0.410. The highest BCUT2D eigenvalue weighted by Gasteiger charge is 2.48. The van der Waals surface area contributed by atoms with Gasteiger partial charge in [0.2, 0.25) is 0 Å². The molecule has 3 aromatic heterocycles. The van der Waals surface area contributed by atoms with Crippen molar-refractivity contribution in [2.24, 2.45) is 5.41 Å². The number of nitrogens with zero attached hydrogens (tertiary/aromatic N) is 6. The van der Waals surface area contributed by atoms with Crippen LogP contribution in [0, 0.1) is 22.6 Å². The number of nitrogens with two attached hydrogens (primary N) is 1. The largest absolute Gasteiger partial charge is 0.463 e. The Morgan fingerprint density at radius 2 is 2.09 bits per heavy atom. The van der Waals surface area contributed by atoms with Crippen molar-refractivity contribution in [2.45, 2.75) is 62.6 Å². The lowest BCUT2D eigenvalue weighted by atomic mass is 9.75. The molecule has 1 aromatic carbocycles. The van der Waals surface area contributed by atoms with Gasteiger partial charge in [0.05, 0.1) is 46.2 Å². The summed E-state index contributed by atoms with van der Waals surface area (Å²) in [4.78, 5) is 19.4. The molecule has 10 nitrogen and oxygen atoms in total. The molecule has 2 bridgehead atoms. The van der Waals surface area contributed by atoms with Crippen LogP contribution in [0.5, 0.6) is 6.01 Å². The number of rotatable bonds is 10. The van der Waals surface area contributed by atoms with Crippen molar-refractivity contribution in [3.05, 3.63) is 35.8 Å². The van der Waals surface area contributed by atoms with E-state index in [9.17, 15) is 9.65 Å². The van der Waals surface area contributed by atoms with Gasteiger partial charge < -0.3 is 25.4 Å². The van der Waals surface area contributed by atoms with Gasteiger partial charge in [0.15, 0.2) is 0 Å². The number of fused-ring (bicyclic) bond motifs is 5. The predicted octanol–water partition coefficient (Wildman–Crippen LogP) is 5.42. The van der Waals surface area contributed by atoms with Gasteiger partial charge in [-0.2, -0.15) is 15.2 Å². The number of piperidine rings is 1. The van der Waals surface area contributed by atoms with Gasteiger partial charge >= 0.3 is 6.01 Å². The lowest BCUT2D eigenvalue weighted by molar-refractivity contribution is -0.112. The summed E-state index contributed by atoms with van der Waals surface area (Å²) in [5.41, 5.74) is 8.45. The van der Waals surface area contributed by atoms with Crippen molar-refractivity contribution in [1.82, 2.24) is 24.8 Å². The second-order valence-corrected chi connectivity index (χ2v) is 15.0. The first-order valence-corrected chi connectivity index (χ1v) is 17.1. The third-order valence-corrected chi connectivity index (χ3v) is 11.9. The number of thiophene rings is 1. The Hall–Kier alpha value is -3.63. The standard InChI is InChI=1S/C34H39FN8O2S/c1-42(2)34(8-3-9-34)17-39-31-24-14-38-26(22-6-7-25(35)29-28(22)23(13-36)30(37)46-29)12-27(24)40-32(41-31)45-19-33(10-11-33)18-43-15-21-5-4-20(43)16-44-21/h6-7,12,14,20-21H,3-5,8-11,15-19,37H2,1-2H3,(H,39,40,41). The molecule has 9 rings (SSSR count). The molecule has 0 amide bonds. The van der Waals surface area contributed by atoms with E-state index in [2.05, 4.69) is 35.3 Å². The third-order valence-electron chi connectivity index (χ3n) is 10.9. The van der Waals surface area contributed by atoms with E-state index in [1.165, 1.54) is 25.3 Å². The molecule has 12 heteroatoms. The highest BCUT2D eigenvalue weighted by Crippen LogP contribution is 2.48. The molecule has 6 heterocycles. The Kier molecular flexibility index (Phi) is 7.28. The minimum Gasteiger partial charge on any atom is -0.463 e. The number of halogens is 1. The molecule has 2 saturated carbocycles. The number of morpholine rings is 1. The van der Waals surface area contributed by atoms with Crippen LogP contribution in [0.15, 0.2) is 24.4 Å². The van der Waals surface area contributed by atoms with Crippen LogP contribution in [-0.4, -0.2) is 89.4 Å². The van der Waals surface area contributed by atoms with E-state index in [4.69, 9.17) is 30.2 Å². The SMILES string of the molecule is CN(C)C1(CNc2nc(OCC3(CN4CC5CCC4CO5)CC3)nc3cc(-c4ccc(F)c5sc(N)c(C#N)c45)ncc23)CCC1. The van der Waals surface area contributed by atoms with E-state index in [-0.39, 0.29) is 16.5 Å². The lowest BCUT2D eigenvalue weighted by Crippen LogP contribution is -2.56. The van der Waals surface area contributed by atoms with E-state index < -0.39 is 5.82 Å². The van der Waals surface area contributed by atoms with Gasteiger partial charge in [-0.15, -0.1) is 11.3 Å². The van der Waals surface area contributed by atoms with E-state index >= 15 is 0 Å². The summed E-state index contributed by atoms with van der Waals surface area (Å²) < 4.78 is 27.5. The third kappa shape index (κ3) is 5.14. The fourth-order valence-electron chi connectivity index (χ4n) is 7.48. The Bertz CT molecular complexity index is 1860. The van der Waals surface area contributed by atoms with Crippen molar-refractivity contribution in [3.63, 3.8) is 0 Å². The zero-order chi connectivity index (χ0) is 31.6. The molecule has 3 aliphatic heterocycles. The molecule has 240 valence electrons. The molecule has 4 aromatic rings. The maximum atomic E-state index is 14.8. The molecule has 2 unspecified atom stereocenters. The summed E-state index contributed by atoms with van der Waals surface area (Å²) in [6, 6.07) is 7.93. The van der Waals surface area contributed by atoms with Crippen LogP contribution < -0.4 is 15.8 Å². The van der Waals surface area contributed by atoms with Gasteiger partial charge in [0.25, 0.3) is 0 Å². The molecule has 3 saturated heterocycles. The Labute approximate surface area is 271 Å². The van der Waals surface area contributed by atoms with Crippen LogP contribution in [0.4, 0.5) is 15.2 Å². The second kappa shape index (κ2) is 11.3. The van der Waals surface area contributed by atoms with Gasteiger partial charge in [-0.1, -0.05) is 0 Å². The fourth-order valence-corrected chi connectivity index (χ4v) is 8.43. The summed E-state index contributed by atoms with van der Waals surface area (Å²) in [7, 11) is 4.26. The molecular formula is C34H39FN8O2S. The zero-order valence-electron chi connectivity index (χ0n) is 26.3. The van der Waals surface area contributed by atoms with Crippen LogP contribution in [0.3, 0.4) is 0 Å². The monoisotopic (exact) mass is 642 g/mol. The second-order valence-electron chi connectivity index (χ2n) is 13.9. The number of hydrogen-bond acceptors (Lipinski definition) is 11. The number of nitrogens with one attached hydrogen (secondary N) is 1. The Balaban J connectivity index is 1.13. The minimum absolute atomic E-state index is 0.0770. The van der Waals surface area contributed by atoms with Crippen molar-refractivity contribution in [2.75, 3.05) is 58.0 Å². The van der Waals surface area contributed by atoms with Crippen LogP contribution >= 0.6 is 11.3 Å². The molecule has 0 radical (unpaired) electrons. The summed E-state index contributed by atoms with van der Waals surface area (Å²) in [6.45, 7) is 4.17. The number of benzene rings is 1. The molecule has 5 fully saturated rings. The average molecular weight is 643 g/mol. The molecule has 2 aliphatic carbocycles. The molecule has 3 N–H and O–H groups in total. The molecule has 46 heavy (non-hydrogen) atoms. The molecular weight excluding hydrogens is 603 g/mol. The number of nitrogen functional groups attached to an aromatic ring is 1. The maximum absolute atomic E-state index is 14.8. The van der Waals surface area contributed by atoms with E-state index in [1.807, 2.05) is 6.07 Å². The summed E-state index contributed by atoms with van der Waals surface area (Å²) in [6.07, 6.45) is 10.2. The van der Waals surface area contributed by atoms with Crippen LogP contribution in [0.1, 0.15) is 50.5 Å². The number of anilines is 2. The van der Waals surface area contributed by atoms with Crippen LogP contribution in [0.25, 0.3) is 32.2 Å². The first kappa shape index (κ1) is 29.8. The smallest absolute Gasteiger partial charge is 0.318 e. The number of pyridine rings is 1.